The zero-order chi connectivity index (χ0) is 15.7. The first-order valence-electron chi connectivity index (χ1n) is 5.94. The lowest BCUT2D eigenvalue weighted by Crippen LogP contribution is -2.13. The number of halogens is 1. The first-order chi connectivity index (χ1) is 9.81. The Balaban J connectivity index is 2.36. The molecule has 0 saturated carbocycles. The van der Waals surface area contributed by atoms with Crippen molar-refractivity contribution in [1.82, 2.24) is 0 Å². The molecule has 1 aromatic carbocycles. The van der Waals surface area contributed by atoms with Crippen molar-refractivity contribution in [2.45, 2.75) is 13.8 Å². The molecular formula is C14H12FNO4S. The van der Waals surface area contributed by atoms with Crippen LogP contribution in [0.4, 0.5) is 9.39 Å². The van der Waals surface area contributed by atoms with Crippen molar-refractivity contribution in [3.05, 3.63) is 45.6 Å². The molecule has 0 aliphatic carbocycles. The first-order valence-corrected chi connectivity index (χ1v) is 6.76. The number of aromatic hydroxyl groups is 1. The van der Waals surface area contributed by atoms with E-state index >= 15 is 0 Å². The lowest BCUT2D eigenvalue weighted by molar-refractivity contribution is 0.0697. The Morgan fingerprint density at radius 1 is 1.29 bits per heavy atom. The maximum absolute atomic E-state index is 12.9. The fourth-order valence-electron chi connectivity index (χ4n) is 1.84. The fourth-order valence-corrected chi connectivity index (χ4v) is 2.89. The van der Waals surface area contributed by atoms with Crippen LogP contribution in [0.25, 0.3) is 0 Å². The number of carbonyl (C=O) groups excluding carboxylic acids is 1. The summed E-state index contributed by atoms with van der Waals surface area (Å²) in [7, 11) is 0. The third kappa shape index (κ3) is 2.87. The number of phenolic OH excluding ortho intramolecular Hbond substituents is 1. The number of aryl methyl sites for hydroxylation is 1. The highest BCUT2D eigenvalue weighted by molar-refractivity contribution is 7.16. The molecule has 1 heterocycles. The van der Waals surface area contributed by atoms with Crippen molar-refractivity contribution in [3.63, 3.8) is 0 Å². The monoisotopic (exact) mass is 309 g/mol. The highest BCUT2D eigenvalue weighted by Crippen LogP contribution is 2.33. The molecule has 0 atom stereocenters. The van der Waals surface area contributed by atoms with E-state index < -0.39 is 23.4 Å². The summed E-state index contributed by atoms with van der Waals surface area (Å²) in [5.74, 6) is -3.01. The maximum Gasteiger partial charge on any atom is 0.338 e. The van der Waals surface area contributed by atoms with E-state index in [1.165, 1.54) is 0 Å². The molecule has 21 heavy (non-hydrogen) atoms. The van der Waals surface area contributed by atoms with Gasteiger partial charge in [0.2, 0.25) is 0 Å². The normalized spacial score (nSPS) is 10.4. The third-order valence-electron chi connectivity index (χ3n) is 3.03. The number of phenols is 1. The number of amides is 1. The maximum atomic E-state index is 12.9. The summed E-state index contributed by atoms with van der Waals surface area (Å²) < 4.78 is 12.9. The molecule has 7 heteroatoms. The Morgan fingerprint density at radius 3 is 2.52 bits per heavy atom. The number of anilines is 1. The van der Waals surface area contributed by atoms with Crippen LogP contribution in [0.3, 0.4) is 0 Å². The molecule has 0 bridgehead atoms. The topological polar surface area (TPSA) is 86.6 Å². The molecule has 0 radical (unpaired) electrons. The minimum atomic E-state index is -1.14. The van der Waals surface area contributed by atoms with Gasteiger partial charge in [0, 0.05) is 10.9 Å². The first kappa shape index (κ1) is 15.0. The van der Waals surface area contributed by atoms with Crippen LogP contribution < -0.4 is 5.32 Å². The second-order valence-corrected chi connectivity index (χ2v) is 5.63. The average molecular weight is 309 g/mol. The lowest BCUT2D eigenvalue weighted by atomic mass is 10.1. The smallest absolute Gasteiger partial charge is 0.338 e. The molecule has 2 aromatic rings. The molecule has 1 aromatic heterocycles. The Bertz CT molecular complexity index is 739. The van der Waals surface area contributed by atoms with Gasteiger partial charge in [0.25, 0.3) is 5.91 Å². The van der Waals surface area contributed by atoms with Crippen LogP contribution in [-0.2, 0) is 0 Å². The number of thiophene rings is 1. The Morgan fingerprint density at radius 2 is 1.95 bits per heavy atom. The summed E-state index contributed by atoms with van der Waals surface area (Å²) in [6.07, 6.45) is 0. The fraction of sp³-hybridized carbons (Fsp3) is 0.143. The molecule has 0 saturated heterocycles. The lowest BCUT2D eigenvalue weighted by Gasteiger charge is -2.06. The molecule has 0 spiro atoms. The van der Waals surface area contributed by atoms with Gasteiger partial charge in [0.05, 0.1) is 11.1 Å². The van der Waals surface area contributed by atoms with Gasteiger partial charge in [-0.25, -0.2) is 9.18 Å². The van der Waals surface area contributed by atoms with Crippen LogP contribution in [0, 0.1) is 19.7 Å². The van der Waals surface area contributed by atoms with Crippen molar-refractivity contribution < 1.29 is 24.2 Å². The van der Waals surface area contributed by atoms with Crippen molar-refractivity contribution in [2.75, 3.05) is 5.32 Å². The predicted molar refractivity (Wildman–Crippen MR) is 76.8 cm³/mol. The minimum Gasteiger partial charge on any atom is -0.507 e. The van der Waals surface area contributed by atoms with Crippen LogP contribution in [0.15, 0.2) is 18.2 Å². The summed E-state index contributed by atoms with van der Waals surface area (Å²) in [6.45, 7) is 3.40. The average Bonchev–Trinajstić information content (AvgIpc) is 2.64. The van der Waals surface area contributed by atoms with Crippen LogP contribution in [-0.4, -0.2) is 22.1 Å². The molecule has 2 rings (SSSR count). The van der Waals surface area contributed by atoms with Crippen LogP contribution in [0.5, 0.6) is 5.75 Å². The summed E-state index contributed by atoms with van der Waals surface area (Å²) in [6, 6.07) is 2.99. The minimum absolute atomic E-state index is 0.0208. The Kier molecular flexibility index (Phi) is 3.95. The predicted octanol–water partition coefficient (Wildman–Crippen LogP) is 3.16. The Hall–Kier alpha value is -2.41. The number of hydrogen-bond acceptors (Lipinski definition) is 4. The van der Waals surface area contributed by atoms with Gasteiger partial charge < -0.3 is 15.5 Å². The summed E-state index contributed by atoms with van der Waals surface area (Å²) in [5, 5.41) is 21.4. The quantitative estimate of drug-likeness (QED) is 0.813. The number of carboxylic acids is 1. The van der Waals surface area contributed by atoms with Crippen molar-refractivity contribution in [2.24, 2.45) is 0 Å². The Labute approximate surface area is 123 Å². The van der Waals surface area contributed by atoms with Crippen molar-refractivity contribution in [1.29, 1.82) is 0 Å². The zero-order valence-corrected chi connectivity index (χ0v) is 12.0. The second kappa shape index (κ2) is 5.53. The summed E-state index contributed by atoms with van der Waals surface area (Å²) in [5.41, 5.74) is 0.468. The number of aromatic carboxylic acids is 1. The van der Waals surface area contributed by atoms with Gasteiger partial charge in [-0.05, 0) is 31.5 Å². The van der Waals surface area contributed by atoms with E-state index in [4.69, 9.17) is 0 Å². The molecule has 0 unspecified atom stereocenters. The van der Waals surface area contributed by atoms with Gasteiger partial charge in [0.15, 0.2) is 0 Å². The zero-order valence-electron chi connectivity index (χ0n) is 11.2. The van der Waals surface area contributed by atoms with Gasteiger partial charge >= 0.3 is 5.97 Å². The molecular weight excluding hydrogens is 297 g/mol. The largest absolute Gasteiger partial charge is 0.507 e. The highest BCUT2D eigenvalue weighted by Gasteiger charge is 2.21. The molecule has 0 aliphatic rings. The van der Waals surface area contributed by atoms with Gasteiger partial charge in [-0.1, -0.05) is 0 Å². The summed E-state index contributed by atoms with van der Waals surface area (Å²) >= 11 is 1.13. The molecule has 110 valence electrons. The van der Waals surface area contributed by atoms with E-state index in [2.05, 4.69) is 5.32 Å². The number of benzene rings is 1. The van der Waals surface area contributed by atoms with E-state index in [-0.39, 0.29) is 16.1 Å². The van der Waals surface area contributed by atoms with Gasteiger partial charge in [-0.15, -0.1) is 11.3 Å². The number of rotatable bonds is 3. The SMILES string of the molecule is Cc1sc(NC(=O)c2ccc(F)cc2O)c(C(=O)O)c1C. The number of nitrogens with one attached hydrogen (secondary N) is 1. The standard InChI is InChI=1S/C14H12FNO4S/c1-6-7(2)21-13(11(6)14(19)20)16-12(18)9-4-3-8(15)5-10(9)17/h3-5,17H,1-2H3,(H,16,18)(H,19,20). The molecule has 5 nitrogen and oxygen atoms in total. The number of carbonyl (C=O) groups is 2. The van der Waals surface area contributed by atoms with Gasteiger partial charge in [-0.3, -0.25) is 4.79 Å². The van der Waals surface area contributed by atoms with Crippen LogP contribution in [0.2, 0.25) is 0 Å². The summed E-state index contributed by atoms with van der Waals surface area (Å²) in [4.78, 5) is 24.1. The van der Waals surface area contributed by atoms with Crippen LogP contribution in [0.1, 0.15) is 31.2 Å². The number of carboxylic acid groups (broad SMARTS) is 1. The van der Waals surface area contributed by atoms with Gasteiger partial charge in [-0.2, -0.15) is 0 Å². The second-order valence-electron chi connectivity index (χ2n) is 4.41. The molecule has 3 N–H and O–H groups in total. The number of hydrogen-bond donors (Lipinski definition) is 3. The van der Waals surface area contributed by atoms with E-state index in [9.17, 15) is 24.2 Å². The van der Waals surface area contributed by atoms with E-state index in [0.29, 0.717) is 5.56 Å². The van der Waals surface area contributed by atoms with Crippen molar-refractivity contribution >= 4 is 28.2 Å². The highest BCUT2D eigenvalue weighted by atomic mass is 32.1. The van der Waals surface area contributed by atoms with E-state index in [1.807, 2.05) is 0 Å². The van der Waals surface area contributed by atoms with Gasteiger partial charge in [0.1, 0.15) is 16.6 Å². The van der Waals surface area contributed by atoms with E-state index in [0.717, 1.165) is 34.4 Å². The van der Waals surface area contributed by atoms with Crippen molar-refractivity contribution in [3.8, 4) is 5.75 Å². The molecule has 1 amide bonds. The van der Waals surface area contributed by atoms with Crippen LogP contribution >= 0.6 is 11.3 Å². The van der Waals surface area contributed by atoms with E-state index in [1.54, 1.807) is 13.8 Å². The third-order valence-corrected chi connectivity index (χ3v) is 4.15. The molecule has 0 fully saturated rings. The molecule has 0 aliphatic heterocycles.